The number of carbonyl (C=O) groups excluding carboxylic acids is 2. The van der Waals surface area contributed by atoms with Crippen molar-refractivity contribution in [3.63, 3.8) is 0 Å². The number of hydrogen-bond acceptors (Lipinski definition) is 5. The molecule has 0 fully saturated rings. The zero-order valence-electron chi connectivity index (χ0n) is 39.5. The van der Waals surface area contributed by atoms with E-state index in [9.17, 15) is 19.8 Å². The van der Waals surface area contributed by atoms with Crippen molar-refractivity contribution < 1.29 is 24.5 Å². The van der Waals surface area contributed by atoms with Gasteiger partial charge in [-0.1, -0.05) is 212 Å². The van der Waals surface area contributed by atoms with E-state index in [4.69, 9.17) is 4.74 Å². The van der Waals surface area contributed by atoms with Crippen LogP contribution in [0.5, 0.6) is 0 Å². The van der Waals surface area contributed by atoms with Gasteiger partial charge in [0.05, 0.1) is 25.4 Å². The Morgan fingerprint density at radius 2 is 0.797 bits per heavy atom. The normalized spacial score (nSPS) is 12.8. The maximum atomic E-state index is 12.4. The molecule has 348 valence electrons. The molecule has 2 atom stereocenters. The topological polar surface area (TPSA) is 95.9 Å². The fraction of sp³-hybridized carbons (Fsp3) is 0.887. The van der Waals surface area contributed by atoms with Crippen LogP contribution in [0.2, 0.25) is 0 Å². The van der Waals surface area contributed by atoms with Crippen LogP contribution in [0.1, 0.15) is 277 Å². The summed E-state index contributed by atoms with van der Waals surface area (Å²) in [4.78, 5) is 24.4. The van der Waals surface area contributed by atoms with Gasteiger partial charge in [-0.2, -0.15) is 0 Å². The molecule has 0 aromatic carbocycles. The number of aliphatic hydroxyl groups is 2. The maximum absolute atomic E-state index is 12.4. The first-order valence-corrected chi connectivity index (χ1v) is 26.1. The third-order valence-corrected chi connectivity index (χ3v) is 12.0. The summed E-state index contributed by atoms with van der Waals surface area (Å²) in [6.07, 6.45) is 57.2. The smallest absolute Gasteiger partial charge is 0.305 e. The van der Waals surface area contributed by atoms with Crippen LogP contribution in [0.25, 0.3) is 0 Å². The fourth-order valence-corrected chi connectivity index (χ4v) is 7.92. The number of nitrogens with one attached hydrogen (secondary N) is 1. The molecule has 6 heteroatoms. The number of aliphatic hydroxyl groups excluding tert-OH is 2. The van der Waals surface area contributed by atoms with Crippen LogP contribution < -0.4 is 5.32 Å². The van der Waals surface area contributed by atoms with Crippen molar-refractivity contribution in [3.8, 4) is 0 Å². The van der Waals surface area contributed by atoms with E-state index in [-0.39, 0.29) is 18.5 Å². The molecule has 0 aromatic rings. The lowest BCUT2D eigenvalue weighted by molar-refractivity contribution is -0.143. The van der Waals surface area contributed by atoms with Crippen molar-refractivity contribution >= 4 is 11.9 Å². The average Bonchev–Trinajstić information content (AvgIpc) is 3.24. The monoisotopic (exact) mass is 832 g/mol. The van der Waals surface area contributed by atoms with Crippen molar-refractivity contribution in [1.29, 1.82) is 0 Å². The summed E-state index contributed by atoms with van der Waals surface area (Å²) in [7, 11) is 0. The van der Waals surface area contributed by atoms with Crippen LogP contribution in [0, 0.1) is 0 Å². The molecule has 0 aliphatic carbocycles. The number of amides is 1. The third-order valence-electron chi connectivity index (χ3n) is 12.0. The molecule has 6 nitrogen and oxygen atoms in total. The van der Waals surface area contributed by atoms with E-state index in [1.54, 1.807) is 0 Å². The van der Waals surface area contributed by atoms with Gasteiger partial charge >= 0.3 is 5.97 Å². The van der Waals surface area contributed by atoms with E-state index in [1.165, 1.54) is 186 Å². The van der Waals surface area contributed by atoms with Crippen LogP contribution in [-0.2, 0) is 14.3 Å². The molecule has 0 aromatic heterocycles. The van der Waals surface area contributed by atoms with E-state index in [1.807, 2.05) is 0 Å². The van der Waals surface area contributed by atoms with E-state index in [2.05, 4.69) is 43.5 Å². The third kappa shape index (κ3) is 45.7. The number of rotatable bonds is 48. The number of carbonyl (C=O) groups is 2. The first kappa shape index (κ1) is 57.3. The van der Waals surface area contributed by atoms with Gasteiger partial charge in [0.2, 0.25) is 5.91 Å². The Morgan fingerprint density at radius 1 is 0.458 bits per heavy atom. The van der Waals surface area contributed by atoms with Gasteiger partial charge in [-0.15, -0.1) is 0 Å². The van der Waals surface area contributed by atoms with E-state index in [0.29, 0.717) is 25.9 Å². The molecule has 0 bridgehead atoms. The van der Waals surface area contributed by atoms with Crippen LogP contribution in [0.4, 0.5) is 0 Å². The summed E-state index contributed by atoms with van der Waals surface area (Å²) in [5.74, 6) is -0.0575. The molecule has 0 heterocycles. The van der Waals surface area contributed by atoms with Crippen molar-refractivity contribution in [1.82, 2.24) is 5.32 Å². The molecular formula is C53H101NO5. The Kier molecular flexibility index (Phi) is 47.6. The van der Waals surface area contributed by atoms with Gasteiger partial charge in [-0.3, -0.25) is 9.59 Å². The van der Waals surface area contributed by atoms with E-state index >= 15 is 0 Å². The van der Waals surface area contributed by atoms with E-state index < -0.39 is 12.1 Å². The lowest BCUT2D eigenvalue weighted by atomic mass is 10.0. The first-order chi connectivity index (χ1) is 29.0. The summed E-state index contributed by atoms with van der Waals surface area (Å²) in [6, 6.07) is -0.549. The van der Waals surface area contributed by atoms with Gasteiger partial charge in [0.1, 0.15) is 0 Å². The van der Waals surface area contributed by atoms with Crippen molar-refractivity contribution in [2.24, 2.45) is 0 Å². The highest BCUT2D eigenvalue weighted by Gasteiger charge is 2.20. The Balaban J connectivity index is 3.43. The molecular weight excluding hydrogens is 731 g/mol. The lowest BCUT2D eigenvalue weighted by Gasteiger charge is -2.22. The fourth-order valence-electron chi connectivity index (χ4n) is 7.92. The van der Waals surface area contributed by atoms with Crippen molar-refractivity contribution in [2.45, 2.75) is 289 Å². The molecule has 3 N–H and O–H groups in total. The second-order valence-corrected chi connectivity index (χ2v) is 17.8. The maximum Gasteiger partial charge on any atom is 0.305 e. The number of esters is 1. The van der Waals surface area contributed by atoms with Gasteiger partial charge < -0.3 is 20.3 Å². The van der Waals surface area contributed by atoms with Gasteiger partial charge in [0, 0.05) is 12.8 Å². The zero-order valence-corrected chi connectivity index (χ0v) is 39.5. The minimum atomic E-state index is -0.670. The molecule has 0 aliphatic rings. The predicted molar refractivity (Wildman–Crippen MR) is 255 cm³/mol. The second-order valence-electron chi connectivity index (χ2n) is 17.8. The summed E-state index contributed by atoms with van der Waals surface area (Å²) < 4.78 is 5.46. The van der Waals surface area contributed by atoms with Crippen LogP contribution in [-0.4, -0.2) is 47.4 Å². The zero-order chi connectivity index (χ0) is 43.0. The van der Waals surface area contributed by atoms with Crippen LogP contribution in [0.3, 0.4) is 0 Å². The minimum absolute atomic E-state index is 0.00600. The molecule has 0 spiro atoms. The predicted octanol–water partition coefficient (Wildman–Crippen LogP) is 15.5. The quantitative estimate of drug-likeness (QED) is 0.0322. The number of hydrogen-bond donors (Lipinski definition) is 3. The molecule has 2 unspecified atom stereocenters. The van der Waals surface area contributed by atoms with Crippen LogP contribution >= 0.6 is 0 Å². The molecule has 0 rings (SSSR count). The van der Waals surface area contributed by atoms with E-state index in [0.717, 1.165) is 57.8 Å². The van der Waals surface area contributed by atoms with Crippen LogP contribution in [0.15, 0.2) is 24.3 Å². The van der Waals surface area contributed by atoms with Crippen molar-refractivity contribution in [2.75, 3.05) is 13.2 Å². The highest BCUT2D eigenvalue weighted by atomic mass is 16.5. The Labute approximate surface area is 367 Å². The number of unbranched alkanes of at least 4 members (excludes halogenated alkanes) is 33. The number of allylic oxidation sites excluding steroid dienone is 4. The first-order valence-electron chi connectivity index (χ1n) is 26.1. The lowest BCUT2D eigenvalue weighted by Crippen LogP contribution is -2.45. The summed E-state index contributed by atoms with van der Waals surface area (Å²) in [5.41, 5.74) is 0. The van der Waals surface area contributed by atoms with Gasteiger partial charge in [-0.25, -0.2) is 0 Å². The summed E-state index contributed by atoms with van der Waals surface area (Å²) in [6.45, 7) is 4.91. The summed E-state index contributed by atoms with van der Waals surface area (Å²) >= 11 is 0. The molecule has 0 saturated heterocycles. The van der Waals surface area contributed by atoms with Crippen molar-refractivity contribution in [3.05, 3.63) is 24.3 Å². The molecule has 1 amide bonds. The minimum Gasteiger partial charge on any atom is -0.466 e. The number of ether oxygens (including phenoxy) is 1. The standard InChI is InChI=1S/C53H101NO5/c1-3-5-7-9-11-13-15-16-24-27-31-35-39-43-47-53(58)59-48-44-40-36-32-28-25-22-20-18-17-19-21-23-26-30-34-38-42-46-52(57)54-50(49-55)51(56)45-41-37-33-29-14-12-10-8-6-4-2/h15-16,19,21,50-51,55-56H,3-14,17-18,20,22-49H2,1-2H3,(H,54,57)/b16-15-,21-19-. The highest BCUT2D eigenvalue weighted by molar-refractivity contribution is 5.76. The van der Waals surface area contributed by atoms with Gasteiger partial charge in [0.15, 0.2) is 0 Å². The Morgan fingerprint density at radius 3 is 1.20 bits per heavy atom. The highest BCUT2D eigenvalue weighted by Crippen LogP contribution is 2.15. The van der Waals surface area contributed by atoms with Gasteiger partial charge in [0.25, 0.3) is 0 Å². The largest absolute Gasteiger partial charge is 0.466 e. The Hall–Kier alpha value is -1.66. The SMILES string of the molecule is CCCCCCC/C=C\CCCCCCCC(=O)OCCCCCCCCCCC/C=C\CCCCCCCC(=O)NC(CO)C(O)CCCCCCCCCCCC. The second kappa shape index (κ2) is 49.0. The van der Waals surface area contributed by atoms with Gasteiger partial charge in [-0.05, 0) is 77.0 Å². The summed E-state index contributed by atoms with van der Waals surface area (Å²) in [5, 5.41) is 23.1. The molecule has 0 aliphatic heterocycles. The molecule has 0 radical (unpaired) electrons. The molecule has 0 saturated carbocycles. The molecule has 59 heavy (non-hydrogen) atoms. The average molecular weight is 832 g/mol. The Bertz CT molecular complexity index is 920.